The summed E-state index contributed by atoms with van der Waals surface area (Å²) in [6, 6.07) is 2.98. The minimum Gasteiger partial charge on any atom is -0.475 e. The minimum atomic E-state index is -0.670. The van der Waals surface area contributed by atoms with Crippen LogP contribution in [0.4, 0.5) is 0 Å². The van der Waals surface area contributed by atoms with Crippen molar-refractivity contribution >= 4 is 5.91 Å². The maximum atomic E-state index is 11.7. The third-order valence-corrected chi connectivity index (χ3v) is 2.33. The molecule has 1 atom stereocenters. The van der Waals surface area contributed by atoms with E-state index in [1.54, 1.807) is 12.3 Å². The van der Waals surface area contributed by atoms with Gasteiger partial charge in [-0.1, -0.05) is 6.07 Å². The molecule has 6 nitrogen and oxygen atoms in total. The van der Waals surface area contributed by atoms with Crippen LogP contribution < -0.4 is 15.8 Å². The SMILES string of the molecule is COCC(N)C(=O)NCc1cccnc1OC(C)C. The largest absolute Gasteiger partial charge is 0.475 e. The molecule has 0 aliphatic carbocycles. The quantitative estimate of drug-likeness (QED) is 0.749. The Bertz CT molecular complexity index is 410. The lowest BCUT2D eigenvalue weighted by Crippen LogP contribution is -2.43. The third-order valence-electron chi connectivity index (χ3n) is 2.33. The smallest absolute Gasteiger partial charge is 0.239 e. The summed E-state index contributed by atoms with van der Waals surface area (Å²) in [4.78, 5) is 15.8. The standard InChI is InChI=1S/C13H21N3O3/c1-9(2)19-13-10(5-4-6-15-13)7-16-12(17)11(14)8-18-3/h4-6,9,11H,7-8,14H2,1-3H3,(H,16,17). The lowest BCUT2D eigenvalue weighted by atomic mass is 10.2. The van der Waals surface area contributed by atoms with E-state index in [1.807, 2.05) is 19.9 Å². The van der Waals surface area contributed by atoms with Crippen molar-refractivity contribution in [1.29, 1.82) is 0 Å². The van der Waals surface area contributed by atoms with Gasteiger partial charge < -0.3 is 20.5 Å². The molecular weight excluding hydrogens is 246 g/mol. The zero-order valence-electron chi connectivity index (χ0n) is 11.6. The number of nitrogens with two attached hydrogens (primary N) is 1. The van der Waals surface area contributed by atoms with Crippen LogP contribution in [0.2, 0.25) is 0 Å². The highest BCUT2D eigenvalue weighted by Crippen LogP contribution is 2.15. The maximum absolute atomic E-state index is 11.7. The normalized spacial score (nSPS) is 12.3. The second-order valence-corrected chi connectivity index (χ2v) is 4.41. The van der Waals surface area contributed by atoms with Crippen LogP contribution in [0.15, 0.2) is 18.3 Å². The summed E-state index contributed by atoms with van der Waals surface area (Å²) in [7, 11) is 1.50. The van der Waals surface area contributed by atoms with Crippen molar-refractivity contribution in [3.63, 3.8) is 0 Å². The number of carbonyl (C=O) groups excluding carboxylic acids is 1. The van der Waals surface area contributed by atoms with Crippen molar-refractivity contribution in [3.8, 4) is 5.88 Å². The van der Waals surface area contributed by atoms with Crippen molar-refractivity contribution in [2.45, 2.75) is 32.5 Å². The van der Waals surface area contributed by atoms with E-state index in [2.05, 4.69) is 10.3 Å². The summed E-state index contributed by atoms with van der Waals surface area (Å²) in [6.45, 7) is 4.36. The van der Waals surface area contributed by atoms with Crippen molar-refractivity contribution in [3.05, 3.63) is 23.9 Å². The lowest BCUT2D eigenvalue weighted by molar-refractivity contribution is -0.123. The maximum Gasteiger partial charge on any atom is 0.239 e. The molecule has 0 aliphatic heterocycles. The van der Waals surface area contributed by atoms with E-state index in [4.69, 9.17) is 15.2 Å². The Labute approximate surface area is 113 Å². The Morgan fingerprint density at radius 3 is 2.89 bits per heavy atom. The van der Waals surface area contributed by atoms with Gasteiger partial charge in [-0.25, -0.2) is 4.98 Å². The van der Waals surface area contributed by atoms with E-state index in [9.17, 15) is 4.79 Å². The Morgan fingerprint density at radius 2 is 2.26 bits per heavy atom. The van der Waals surface area contributed by atoms with Crippen LogP contribution in [-0.4, -0.2) is 36.8 Å². The van der Waals surface area contributed by atoms with Crippen LogP contribution in [0.25, 0.3) is 0 Å². The van der Waals surface area contributed by atoms with Crippen LogP contribution >= 0.6 is 0 Å². The van der Waals surface area contributed by atoms with Gasteiger partial charge in [0, 0.05) is 25.4 Å². The van der Waals surface area contributed by atoms with Gasteiger partial charge in [0.05, 0.1) is 12.7 Å². The minimum absolute atomic E-state index is 0.0279. The molecule has 0 saturated heterocycles. The summed E-state index contributed by atoms with van der Waals surface area (Å²) in [5.74, 6) is 0.263. The number of rotatable bonds is 7. The second-order valence-electron chi connectivity index (χ2n) is 4.41. The highest BCUT2D eigenvalue weighted by molar-refractivity contribution is 5.81. The fraction of sp³-hybridized carbons (Fsp3) is 0.538. The molecule has 106 valence electrons. The van der Waals surface area contributed by atoms with E-state index in [-0.39, 0.29) is 18.6 Å². The summed E-state index contributed by atoms with van der Waals surface area (Å²) < 4.78 is 10.4. The van der Waals surface area contributed by atoms with Gasteiger partial charge in [0.15, 0.2) is 0 Å². The third kappa shape index (κ3) is 5.23. The number of methoxy groups -OCH3 is 1. The molecule has 19 heavy (non-hydrogen) atoms. The number of amides is 1. The molecule has 3 N–H and O–H groups in total. The number of aromatic nitrogens is 1. The van der Waals surface area contributed by atoms with E-state index < -0.39 is 6.04 Å². The molecule has 0 fully saturated rings. The predicted octanol–water partition coefficient (Wildman–Crippen LogP) is 0.459. The molecule has 0 saturated carbocycles. The number of ether oxygens (including phenoxy) is 2. The van der Waals surface area contributed by atoms with E-state index in [1.165, 1.54) is 7.11 Å². The van der Waals surface area contributed by atoms with Gasteiger partial charge in [0.2, 0.25) is 11.8 Å². The molecule has 1 aromatic rings. The average molecular weight is 267 g/mol. The first-order valence-electron chi connectivity index (χ1n) is 6.17. The zero-order valence-corrected chi connectivity index (χ0v) is 11.6. The first-order valence-corrected chi connectivity index (χ1v) is 6.17. The average Bonchev–Trinajstić information content (AvgIpc) is 2.37. The molecule has 1 unspecified atom stereocenters. The van der Waals surface area contributed by atoms with Crippen LogP contribution in [-0.2, 0) is 16.1 Å². The lowest BCUT2D eigenvalue weighted by Gasteiger charge is -2.14. The van der Waals surface area contributed by atoms with Gasteiger partial charge in [-0.2, -0.15) is 0 Å². The summed E-state index contributed by atoms with van der Waals surface area (Å²) in [5, 5.41) is 2.73. The Balaban J connectivity index is 2.59. The molecular formula is C13H21N3O3. The molecule has 6 heteroatoms. The van der Waals surface area contributed by atoms with Crippen molar-refractivity contribution in [2.75, 3.05) is 13.7 Å². The monoisotopic (exact) mass is 267 g/mol. The molecule has 1 heterocycles. The van der Waals surface area contributed by atoms with Crippen LogP contribution in [0.5, 0.6) is 5.88 Å². The second kappa shape index (κ2) is 7.70. The summed E-state index contributed by atoms with van der Waals surface area (Å²) >= 11 is 0. The number of hydrogen-bond acceptors (Lipinski definition) is 5. The molecule has 0 aromatic carbocycles. The van der Waals surface area contributed by atoms with Gasteiger partial charge in [-0.3, -0.25) is 4.79 Å². The van der Waals surface area contributed by atoms with Crippen LogP contribution in [0.1, 0.15) is 19.4 Å². The zero-order chi connectivity index (χ0) is 14.3. The van der Waals surface area contributed by atoms with E-state index in [0.29, 0.717) is 12.4 Å². The van der Waals surface area contributed by atoms with E-state index >= 15 is 0 Å². The van der Waals surface area contributed by atoms with Crippen LogP contribution in [0, 0.1) is 0 Å². The molecule has 1 amide bonds. The van der Waals surface area contributed by atoms with Crippen molar-refractivity contribution < 1.29 is 14.3 Å². The number of nitrogens with one attached hydrogen (secondary N) is 1. The van der Waals surface area contributed by atoms with Gasteiger partial charge in [0.1, 0.15) is 6.04 Å². The number of hydrogen-bond donors (Lipinski definition) is 2. The fourth-order valence-corrected chi connectivity index (χ4v) is 1.46. The van der Waals surface area contributed by atoms with Crippen LogP contribution in [0.3, 0.4) is 0 Å². The van der Waals surface area contributed by atoms with Crippen molar-refractivity contribution in [1.82, 2.24) is 10.3 Å². The van der Waals surface area contributed by atoms with Gasteiger partial charge in [-0.15, -0.1) is 0 Å². The van der Waals surface area contributed by atoms with Gasteiger partial charge in [-0.05, 0) is 19.9 Å². The molecule has 1 rings (SSSR count). The van der Waals surface area contributed by atoms with E-state index in [0.717, 1.165) is 5.56 Å². The van der Waals surface area contributed by atoms with Gasteiger partial charge in [0.25, 0.3) is 0 Å². The molecule has 0 bridgehead atoms. The molecule has 0 spiro atoms. The highest BCUT2D eigenvalue weighted by atomic mass is 16.5. The first-order chi connectivity index (χ1) is 9.04. The predicted molar refractivity (Wildman–Crippen MR) is 71.7 cm³/mol. The number of nitrogens with zero attached hydrogens (tertiary/aromatic N) is 1. The van der Waals surface area contributed by atoms with Gasteiger partial charge >= 0.3 is 0 Å². The Hall–Kier alpha value is -1.66. The summed E-state index contributed by atoms with van der Waals surface area (Å²) in [5.41, 5.74) is 6.44. The highest BCUT2D eigenvalue weighted by Gasteiger charge is 2.14. The Morgan fingerprint density at radius 1 is 1.53 bits per heavy atom. The van der Waals surface area contributed by atoms with Crippen molar-refractivity contribution in [2.24, 2.45) is 5.73 Å². The fourth-order valence-electron chi connectivity index (χ4n) is 1.46. The molecule has 0 aliphatic rings. The number of carbonyl (C=O) groups is 1. The molecule has 0 radical (unpaired) electrons. The first kappa shape index (κ1) is 15.4. The topological polar surface area (TPSA) is 86.5 Å². The Kier molecular flexibility index (Phi) is 6.24. The molecule has 1 aromatic heterocycles. The summed E-state index contributed by atoms with van der Waals surface area (Å²) in [6.07, 6.45) is 1.68. The number of pyridine rings is 1.